The van der Waals surface area contributed by atoms with Crippen LogP contribution in [0.25, 0.3) is 10.9 Å². The molecule has 0 radical (unpaired) electrons. The van der Waals surface area contributed by atoms with Gasteiger partial charge in [-0.25, -0.2) is 9.18 Å². The van der Waals surface area contributed by atoms with Gasteiger partial charge < -0.3 is 19.8 Å². The number of amides is 1. The summed E-state index contributed by atoms with van der Waals surface area (Å²) in [5.41, 5.74) is 1.50. The summed E-state index contributed by atoms with van der Waals surface area (Å²) in [5, 5.41) is 12.5. The van der Waals surface area contributed by atoms with Gasteiger partial charge in [0.2, 0.25) is 0 Å². The van der Waals surface area contributed by atoms with Crippen molar-refractivity contribution in [3.05, 3.63) is 59.9 Å². The van der Waals surface area contributed by atoms with E-state index in [1.807, 2.05) is 0 Å². The number of carboxylic acids is 1. The Morgan fingerprint density at radius 1 is 1.35 bits per heavy atom. The van der Waals surface area contributed by atoms with Crippen LogP contribution < -0.4 is 5.32 Å². The zero-order valence-electron chi connectivity index (χ0n) is 11.9. The molecule has 3 rings (SSSR count). The third kappa shape index (κ3) is 3.08. The summed E-state index contributed by atoms with van der Waals surface area (Å²) in [7, 11) is 0. The first-order valence-corrected chi connectivity index (χ1v) is 6.86. The number of benzene rings is 1. The Hall–Kier alpha value is -3.09. The molecule has 1 amide bonds. The lowest BCUT2D eigenvalue weighted by molar-refractivity contribution is -0.139. The summed E-state index contributed by atoms with van der Waals surface area (Å²) in [5.74, 6) is -2.07. The lowest BCUT2D eigenvalue weighted by atomic mass is 10.0. The first kappa shape index (κ1) is 14.8. The van der Waals surface area contributed by atoms with Gasteiger partial charge in [-0.15, -0.1) is 0 Å². The fraction of sp³-hybridized carbons (Fsp3) is 0.125. The molecule has 0 aliphatic carbocycles. The number of halogens is 1. The first-order valence-electron chi connectivity index (χ1n) is 6.86. The Morgan fingerprint density at radius 2 is 2.17 bits per heavy atom. The topological polar surface area (TPSA) is 95.3 Å². The number of carbonyl (C=O) groups is 2. The van der Waals surface area contributed by atoms with Gasteiger partial charge in [0.25, 0.3) is 5.91 Å². The number of fused-ring (bicyclic) bond motifs is 1. The molecule has 3 aromatic rings. The van der Waals surface area contributed by atoms with Crippen molar-refractivity contribution in [1.29, 1.82) is 0 Å². The quantitative estimate of drug-likeness (QED) is 0.673. The van der Waals surface area contributed by atoms with Crippen LogP contribution in [0.5, 0.6) is 0 Å². The van der Waals surface area contributed by atoms with E-state index in [9.17, 15) is 19.1 Å². The van der Waals surface area contributed by atoms with Gasteiger partial charge in [0.1, 0.15) is 18.1 Å². The summed E-state index contributed by atoms with van der Waals surface area (Å²) in [4.78, 5) is 26.3. The summed E-state index contributed by atoms with van der Waals surface area (Å²) in [6.45, 7) is 0. The standard InChI is InChI=1S/C16H13FN2O4/c17-11-1-2-12-10(7-18-13(12)6-11)5-14(16(21)22)19-15(20)9-3-4-23-8-9/h1-4,6-8,14,18H,5H2,(H,19,20)(H,21,22). The largest absolute Gasteiger partial charge is 0.480 e. The molecule has 7 heteroatoms. The van der Waals surface area contributed by atoms with Gasteiger partial charge in [-0.3, -0.25) is 4.79 Å². The molecule has 0 bridgehead atoms. The second-order valence-electron chi connectivity index (χ2n) is 5.08. The molecule has 1 atom stereocenters. The highest BCUT2D eigenvalue weighted by Crippen LogP contribution is 2.20. The molecule has 0 aliphatic rings. The molecule has 6 nitrogen and oxygen atoms in total. The van der Waals surface area contributed by atoms with Crippen LogP contribution in [0.1, 0.15) is 15.9 Å². The van der Waals surface area contributed by atoms with E-state index in [0.29, 0.717) is 11.1 Å². The summed E-state index contributed by atoms with van der Waals surface area (Å²) in [6.07, 6.45) is 4.26. The van der Waals surface area contributed by atoms with E-state index in [4.69, 9.17) is 4.42 Å². The lowest BCUT2D eigenvalue weighted by Gasteiger charge is -2.13. The summed E-state index contributed by atoms with van der Waals surface area (Å²) in [6, 6.07) is 4.55. The lowest BCUT2D eigenvalue weighted by Crippen LogP contribution is -2.42. The minimum Gasteiger partial charge on any atom is -0.480 e. The minimum atomic E-state index is -1.15. The zero-order valence-corrected chi connectivity index (χ0v) is 11.9. The van der Waals surface area contributed by atoms with Gasteiger partial charge in [0, 0.05) is 23.5 Å². The summed E-state index contributed by atoms with van der Waals surface area (Å²) >= 11 is 0. The Labute approximate surface area is 129 Å². The van der Waals surface area contributed by atoms with Gasteiger partial charge in [-0.2, -0.15) is 0 Å². The molecule has 0 aliphatic heterocycles. The molecule has 0 saturated carbocycles. The number of hydrogen-bond donors (Lipinski definition) is 3. The van der Waals surface area contributed by atoms with Crippen molar-refractivity contribution in [3.8, 4) is 0 Å². The molecule has 0 fully saturated rings. The average molecular weight is 316 g/mol. The molecule has 3 N–H and O–H groups in total. The minimum absolute atomic E-state index is 0.0740. The average Bonchev–Trinajstić information content (AvgIpc) is 3.16. The predicted octanol–water partition coefficient (Wildman–Crippen LogP) is 2.33. The van der Waals surface area contributed by atoms with Crippen molar-refractivity contribution < 1.29 is 23.5 Å². The number of hydrogen-bond acceptors (Lipinski definition) is 3. The number of carbonyl (C=O) groups excluding carboxylic acids is 1. The van der Waals surface area contributed by atoms with Crippen LogP contribution in [0.15, 0.2) is 47.4 Å². The number of aromatic amines is 1. The van der Waals surface area contributed by atoms with Crippen molar-refractivity contribution in [2.24, 2.45) is 0 Å². The molecule has 2 aromatic heterocycles. The molecule has 23 heavy (non-hydrogen) atoms. The predicted molar refractivity (Wildman–Crippen MR) is 79.6 cm³/mol. The molecular formula is C16H13FN2O4. The van der Waals surface area contributed by atoms with Crippen molar-refractivity contribution in [3.63, 3.8) is 0 Å². The Kier molecular flexibility index (Phi) is 3.84. The third-order valence-electron chi connectivity index (χ3n) is 3.54. The maximum absolute atomic E-state index is 13.2. The molecule has 0 saturated heterocycles. The highest BCUT2D eigenvalue weighted by Gasteiger charge is 2.23. The summed E-state index contributed by atoms with van der Waals surface area (Å²) < 4.78 is 18.0. The van der Waals surface area contributed by atoms with Crippen LogP contribution in [0, 0.1) is 5.82 Å². The Bertz CT molecular complexity index is 854. The van der Waals surface area contributed by atoms with E-state index in [2.05, 4.69) is 10.3 Å². The number of rotatable bonds is 5. The molecule has 0 spiro atoms. The second-order valence-corrected chi connectivity index (χ2v) is 5.08. The fourth-order valence-corrected chi connectivity index (χ4v) is 2.38. The van der Waals surface area contributed by atoms with E-state index in [1.54, 1.807) is 12.3 Å². The van der Waals surface area contributed by atoms with E-state index >= 15 is 0 Å². The van der Waals surface area contributed by atoms with Gasteiger partial charge in [-0.1, -0.05) is 0 Å². The van der Waals surface area contributed by atoms with Crippen LogP contribution in [-0.2, 0) is 11.2 Å². The molecule has 2 heterocycles. The van der Waals surface area contributed by atoms with E-state index in [1.165, 1.54) is 30.7 Å². The maximum Gasteiger partial charge on any atom is 0.326 e. The Balaban J connectivity index is 1.81. The number of H-pyrrole nitrogens is 1. The smallest absolute Gasteiger partial charge is 0.326 e. The number of nitrogens with one attached hydrogen (secondary N) is 2. The number of furan rings is 1. The molecule has 1 unspecified atom stereocenters. The third-order valence-corrected chi connectivity index (χ3v) is 3.54. The molecule has 118 valence electrons. The number of aliphatic carboxylic acids is 1. The normalized spacial score (nSPS) is 12.2. The van der Waals surface area contributed by atoms with Crippen LogP contribution in [-0.4, -0.2) is 28.0 Å². The van der Waals surface area contributed by atoms with Gasteiger partial charge >= 0.3 is 5.97 Å². The molecule has 1 aromatic carbocycles. The zero-order chi connectivity index (χ0) is 16.4. The van der Waals surface area contributed by atoms with Gasteiger partial charge in [-0.05, 0) is 29.8 Å². The van der Waals surface area contributed by atoms with Gasteiger partial charge in [0.05, 0.1) is 11.8 Å². The fourth-order valence-electron chi connectivity index (χ4n) is 2.38. The van der Waals surface area contributed by atoms with Crippen molar-refractivity contribution in [2.75, 3.05) is 0 Å². The first-order chi connectivity index (χ1) is 11.0. The maximum atomic E-state index is 13.2. The van der Waals surface area contributed by atoms with E-state index in [-0.39, 0.29) is 17.8 Å². The second kappa shape index (κ2) is 5.96. The highest BCUT2D eigenvalue weighted by molar-refractivity contribution is 5.96. The number of aromatic nitrogens is 1. The highest BCUT2D eigenvalue weighted by atomic mass is 19.1. The van der Waals surface area contributed by atoms with Crippen LogP contribution in [0.4, 0.5) is 4.39 Å². The van der Waals surface area contributed by atoms with E-state index < -0.39 is 17.9 Å². The van der Waals surface area contributed by atoms with Crippen molar-refractivity contribution >= 4 is 22.8 Å². The number of carboxylic acid groups (broad SMARTS) is 1. The SMILES string of the molecule is O=C(NC(Cc1c[nH]c2cc(F)ccc12)C(=O)O)c1ccoc1. The van der Waals surface area contributed by atoms with Crippen molar-refractivity contribution in [2.45, 2.75) is 12.5 Å². The van der Waals surface area contributed by atoms with Crippen molar-refractivity contribution in [1.82, 2.24) is 10.3 Å². The van der Waals surface area contributed by atoms with Crippen LogP contribution >= 0.6 is 0 Å². The Morgan fingerprint density at radius 3 is 2.87 bits per heavy atom. The van der Waals surface area contributed by atoms with Crippen LogP contribution in [0.2, 0.25) is 0 Å². The van der Waals surface area contributed by atoms with Gasteiger partial charge in [0.15, 0.2) is 0 Å². The molecular weight excluding hydrogens is 303 g/mol. The van der Waals surface area contributed by atoms with Crippen LogP contribution in [0.3, 0.4) is 0 Å². The van der Waals surface area contributed by atoms with E-state index in [0.717, 1.165) is 5.39 Å². The monoisotopic (exact) mass is 316 g/mol.